The summed E-state index contributed by atoms with van der Waals surface area (Å²) in [4.78, 5) is 30.2. The number of hydrogen-bond donors (Lipinski definition) is 1. The van der Waals surface area contributed by atoms with Crippen LogP contribution in [0.3, 0.4) is 0 Å². The van der Waals surface area contributed by atoms with Gasteiger partial charge in [-0.2, -0.15) is 0 Å². The van der Waals surface area contributed by atoms with E-state index in [2.05, 4.69) is 4.98 Å². The average Bonchev–Trinajstić information content (AvgIpc) is 3.11. The van der Waals surface area contributed by atoms with Crippen LogP contribution in [0.5, 0.6) is 0 Å². The summed E-state index contributed by atoms with van der Waals surface area (Å²) in [5.41, 5.74) is 1.81. The molecule has 0 fully saturated rings. The molecule has 0 spiro atoms. The van der Waals surface area contributed by atoms with Crippen molar-refractivity contribution in [2.24, 2.45) is 0 Å². The van der Waals surface area contributed by atoms with Crippen molar-refractivity contribution in [2.75, 3.05) is 11.4 Å². The monoisotopic (exact) mass is 380 g/mol. The molecule has 0 aliphatic heterocycles. The Labute approximate surface area is 158 Å². The normalized spacial score (nSPS) is 11.2. The third kappa shape index (κ3) is 2.92. The average molecular weight is 380 g/mol. The molecule has 1 amide bonds. The highest BCUT2D eigenvalue weighted by Crippen LogP contribution is 2.32. The SMILES string of the molecule is CCN(C(=O)c1cc2c(=O)[nH]c3ccc(C)cc3c2s1)c1ccccc1F. The summed E-state index contributed by atoms with van der Waals surface area (Å²) in [5, 5.41) is 1.38. The lowest BCUT2D eigenvalue weighted by molar-refractivity contribution is 0.0991. The Hall–Kier alpha value is -2.99. The Morgan fingerprint density at radius 3 is 2.67 bits per heavy atom. The second-order valence-corrected chi connectivity index (χ2v) is 7.41. The molecule has 136 valence electrons. The Bertz CT molecular complexity index is 1240. The number of nitrogens with zero attached hydrogens (tertiary/aromatic N) is 1. The van der Waals surface area contributed by atoms with Crippen LogP contribution in [0, 0.1) is 12.7 Å². The zero-order valence-corrected chi connectivity index (χ0v) is 15.7. The molecular formula is C21H17FN2O2S. The van der Waals surface area contributed by atoms with Crippen molar-refractivity contribution < 1.29 is 9.18 Å². The minimum absolute atomic E-state index is 0.231. The van der Waals surface area contributed by atoms with Gasteiger partial charge in [0.15, 0.2) is 0 Å². The number of anilines is 1. The second kappa shape index (κ2) is 6.63. The van der Waals surface area contributed by atoms with Crippen molar-refractivity contribution in [3.63, 3.8) is 0 Å². The first-order chi connectivity index (χ1) is 13.0. The molecule has 4 aromatic rings. The van der Waals surface area contributed by atoms with Gasteiger partial charge in [-0.3, -0.25) is 9.59 Å². The lowest BCUT2D eigenvalue weighted by Gasteiger charge is -2.20. The van der Waals surface area contributed by atoms with Crippen molar-refractivity contribution in [3.05, 3.63) is 75.1 Å². The predicted molar refractivity (Wildman–Crippen MR) is 108 cm³/mol. The van der Waals surface area contributed by atoms with Gasteiger partial charge in [-0.25, -0.2) is 4.39 Å². The van der Waals surface area contributed by atoms with Crippen molar-refractivity contribution in [3.8, 4) is 0 Å². The van der Waals surface area contributed by atoms with Gasteiger partial charge < -0.3 is 9.88 Å². The number of aromatic nitrogens is 1. The Balaban J connectivity index is 1.89. The molecule has 0 radical (unpaired) electrons. The molecule has 0 aliphatic carbocycles. The van der Waals surface area contributed by atoms with Gasteiger partial charge in [0.2, 0.25) is 0 Å². The third-order valence-electron chi connectivity index (χ3n) is 4.56. The van der Waals surface area contributed by atoms with E-state index in [1.165, 1.54) is 22.3 Å². The topological polar surface area (TPSA) is 53.2 Å². The van der Waals surface area contributed by atoms with Gasteiger partial charge in [0.05, 0.1) is 16.0 Å². The summed E-state index contributed by atoms with van der Waals surface area (Å²) in [7, 11) is 0. The maximum atomic E-state index is 14.2. The number of fused-ring (bicyclic) bond motifs is 3. The van der Waals surface area contributed by atoms with E-state index < -0.39 is 5.82 Å². The summed E-state index contributed by atoms with van der Waals surface area (Å²) in [6, 6.07) is 13.6. The van der Waals surface area contributed by atoms with E-state index in [1.807, 2.05) is 25.1 Å². The number of halogens is 1. The van der Waals surface area contributed by atoms with Gasteiger partial charge in [0, 0.05) is 22.1 Å². The van der Waals surface area contributed by atoms with E-state index >= 15 is 0 Å². The van der Waals surface area contributed by atoms with Crippen LogP contribution in [0.4, 0.5) is 10.1 Å². The number of aryl methyl sites for hydroxylation is 1. The Morgan fingerprint density at radius 1 is 1.15 bits per heavy atom. The molecule has 4 nitrogen and oxygen atoms in total. The molecule has 0 saturated carbocycles. The van der Waals surface area contributed by atoms with Gasteiger partial charge in [-0.1, -0.05) is 23.8 Å². The molecule has 0 atom stereocenters. The number of nitrogens with one attached hydrogen (secondary N) is 1. The highest BCUT2D eigenvalue weighted by atomic mass is 32.1. The summed E-state index contributed by atoms with van der Waals surface area (Å²) in [6.45, 7) is 4.10. The van der Waals surface area contributed by atoms with Crippen LogP contribution < -0.4 is 10.5 Å². The molecule has 6 heteroatoms. The fourth-order valence-corrected chi connectivity index (χ4v) is 4.37. The van der Waals surface area contributed by atoms with Crippen LogP contribution in [0.15, 0.2) is 53.3 Å². The lowest BCUT2D eigenvalue weighted by atomic mass is 10.1. The first kappa shape index (κ1) is 17.4. The predicted octanol–water partition coefficient (Wildman–Crippen LogP) is 4.86. The first-order valence-electron chi connectivity index (χ1n) is 8.62. The number of aromatic amines is 1. The zero-order valence-electron chi connectivity index (χ0n) is 14.9. The fourth-order valence-electron chi connectivity index (χ4n) is 3.24. The van der Waals surface area contributed by atoms with Gasteiger partial charge in [0.25, 0.3) is 11.5 Å². The van der Waals surface area contributed by atoms with Gasteiger partial charge in [-0.05, 0) is 44.2 Å². The van der Waals surface area contributed by atoms with Gasteiger partial charge >= 0.3 is 0 Å². The largest absolute Gasteiger partial charge is 0.321 e. The summed E-state index contributed by atoms with van der Waals surface area (Å²) >= 11 is 1.27. The second-order valence-electron chi connectivity index (χ2n) is 6.36. The molecule has 2 aromatic heterocycles. The number of rotatable bonds is 3. The molecule has 1 N–H and O–H groups in total. The first-order valence-corrected chi connectivity index (χ1v) is 9.44. The van der Waals surface area contributed by atoms with Crippen LogP contribution in [0.1, 0.15) is 22.2 Å². The number of carbonyl (C=O) groups is 1. The summed E-state index contributed by atoms with van der Waals surface area (Å²) in [6.07, 6.45) is 0. The van der Waals surface area contributed by atoms with E-state index in [0.717, 1.165) is 21.2 Å². The quantitative estimate of drug-likeness (QED) is 0.552. The molecule has 0 saturated heterocycles. The van der Waals surface area contributed by atoms with Crippen molar-refractivity contribution >= 4 is 43.9 Å². The number of carbonyl (C=O) groups excluding carboxylic acids is 1. The van der Waals surface area contributed by atoms with Crippen molar-refractivity contribution in [1.29, 1.82) is 0 Å². The molecule has 27 heavy (non-hydrogen) atoms. The maximum Gasteiger partial charge on any atom is 0.268 e. The number of H-pyrrole nitrogens is 1. The van der Waals surface area contributed by atoms with E-state index in [9.17, 15) is 14.0 Å². The van der Waals surface area contributed by atoms with Crippen LogP contribution in [0.2, 0.25) is 0 Å². The minimum atomic E-state index is -0.451. The highest BCUT2D eigenvalue weighted by molar-refractivity contribution is 7.21. The highest BCUT2D eigenvalue weighted by Gasteiger charge is 2.22. The van der Waals surface area contributed by atoms with E-state index in [4.69, 9.17) is 0 Å². The number of amides is 1. The number of thiophene rings is 1. The summed E-state index contributed by atoms with van der Waals surface area (Å²) < 4.78 is 14.9. The summed E-state index contributed by atoms with van der Waals surface area (Å²) in [5.74, 6) is -0.767. The van der Waals surface area contributed by atoms with Crippen LogP contribution >= 0.6 is 11.3 Å². The Kier molecular flexibility index (Phi) is 4.28. The van der Waals surface area contributed by atoms with Gasteiger partial charge in [-0.15, -0.1) is 11.3 Å². The molecular weight excluding hydrogens is 363 g/mol. The lowest BCUT2D eigenvalue weighted by Crippen LogP contribution is -2.30. The van der Waals surface area contributed by atoms with E-state index in [-0.39, 0.29) is 17.2 Å². The fraction of sp³-hybridized carbons (Fsp3) is 0.143. The van der Waals surface area contributed by atoms with Crippen molar-refractivity contribution in [2.45, 2.75) is 13.8 Å². The standard InChI is InChI=1S/C21H17FN2O2S/c1-3-24(17-7-5-4-6-15(17)22)21(26)18-11-14-19(27-18)13-10-12(2)8-9-16(13)23-20(14)25/h4-11H,3H2,1-2H3,(H,23,25). The van der Waals surface area contributed by atoms with Crippen LogP contribution in [-0.2, 0) is 0 Å². The molecule has 0 aliphatic rings. The van der Waals surface area contributed by atoms with Crippen LogP contribution in [-0.4, -0.2) is 17.4 Å². The minimum Gasteiger partial charge on any atom is -0.321 e. The van der Waals surface area contributed by atoms with E-state index in [0.29, 0.717) is 16.8 Å². The van der Waals surface area contributed by atoms with Crippen molar-refractivity contribution in [1.82, 2.24) is 4.98 Å². The smallest absolute Gasteiger partial charge is 0.268 e. The molecule has 2 aromatic carbocycles. The molecule has 0 unspecified atom stereocenters. The molecule has 0 bridgehead atoms. The zero-order chi connectivity index (χ0) is 19.1. The third-order valence-corrected chi connectivity index (χ3v) is 5.72. The van der Waals surface area contributed by atoms with Gasteiger partial charge in [0.1, 0.15) is 5.82 Å². The number of hydrogen-bond acceptors (Lipinski definition) is 3. The van der Waals surface area contributed by atoms with E-state index in [1.54, 1.807) is 31.2 Å². The Morgan fingerprint density at radius 2 is 1.93 bits per heavy atom. The number of benzene rings is 2. The number of para-hydroxylation sites is 1. The number of pyridine rings is 1. The van der Waals surface area contributed by atoms with Crippen LogP contribution in [0.25, 0.3) is 21.0 Å². The molecule has 4 rings (SSSR count). The maximum absolute atomic E-state index is 14.2. The molecule has 2 heterocycles.